The molecule has 0 atom stereocenters. The third-order valence-electron chi connectivity index (χ3n) is 4.36. The predicted molar refractivity (Wildman–Crippen MR) is 100 cm³/mol. The molecule has 8 heteroatoms. The number of carbonyl (C=O) groups excluding carboxylic acids is 1. The van der Waals surface area contributed by atoms with Gasteiger partial charge in [0, 0.05) is 31.4 Å². The molecule has 1 aromatic heterocycles. The van der Waals surface area contributed by atoms with Gasteiger partial charge in [-0.05, 0) is 49.7 Å². The topological polar surface area (TPSA) is 91.4 Å². The van der Waals surface area contributed by atoms with Crippen LogP contribution in [-0.2, 0) is 21.4 Å². The minimum Gasteiger partial charge on any atom is -0.366 e. The Balaban J connectivity index is 1.60. The molecule has 3 rings (SSSR count). The second kappa shape index (κ2) is 7.84. The van der Waals surface area contributed by atoms with Crippen LogP contribution >= 0.6 is 0 Å². The lowest BCUT2D eigenvalue weighted by atomic mass is 10.1. The predicted octanol–water partition coefficient (Wildman–Crippen LogP) is 2.12. The Morgan fingerprint density at radius 3 is 2.50 bits per heavy atom. The van der Waals surface area contributed by atoms with Crippen molar-refractivity contribution in [3.63, 3.8) is 0 Å². The van der Waals surface area contributed by atoms with E-state index < -0.39 is 10.0 Å². The number of pyridine rings is 1. The van der Waals surface area contributed by atoms with Crippen LogP contribution < -0.4 is 14.9 Å². The summed E-state index contributed by atoms with van der Waals surface area (Å²) in [6.07, 6.45) is 3.95. The van der Waals surface area contributed by atoms with Crippen LogP contribution in [0, 0.1) is 0 Å². The van der Waals surface area contributed by atoms with Crippen molar-refractivity contribution in [3.8, 4) is 0 Å². The monoisotopic (exact) mass is 374 g/mol. The van der Waals surface area contributed by atoms with Gasteiger partial charge in [-0.2, -0.15) is 0 Å². The van der Waals surface area contributed by atoms with Crippen LogP contribution in [0.1, 0.15) is 24.8 Å². The number of benzene rings is 1. The van der Waals surface area contributed by atoms with E-state index >= 15 is 0 Å². The van der Waals surface area contributed by atoms with Gasteiger partial charge >= 0.3 is 0 Å². The molecule has 2 aromatic rings. The molecule has 0 spiro atoms. The molecular weight excluding hydrogens is 352 g/mol. The molecule has 1 aromatic carbocycles. The van der Waals surface area contributed by atoms with E-state index in [2.05, 4.69) is 15.0 Å². The number of piperidine rings is 1. The van der Waals surface area contributed by atoms with Crippen LogP contribution in [0.4, 0.5) is 11.5 Å². The van der Waals surface area contributed by atoms with E-state index in [1.165, 1.54) is 19.3 Å². The first-order chi connectivity index (χ1) is 12.5. The highest BCUT2D eigenvalue weighted by molar-refractivity contribution is 7.89. The highest BCUT2D eigenvalue weighted by atomic mass is 32.2. The Hall–Kier alpha value is -2.45. The summed E-state index contributed by atoms with van der Waals surface area (Å²) >= 11 is 0. The summed E-state index contributed by atoms with van der Waals surface area (Å²) in [4.78, 5) is 18.1. The lowest BCUT2D eigenvalue weighted by Gasteiger charge is -2.26. The molecule has 1 aliphatic heterocycles. The van der Waals surface area contributed by atoms with Gasteiger partial charge in [-0.3, -0.25) is 4.79 Å². The van der Waals surface area contributed by atoms with Crippen LogP contribution in [-0.4, -0.2) is 32.9 Å². The molecule has 7 nitrogen and oxygen atoms in total. The molecule has 1 fully saturated rings. The lowest BCUT2D eigenvalue weighted by Crippen LogP contribution is -2.35. The van der Waals surface area contributed by atoms with Gasteiger partial charge in [0.25, 0.3) is 0 Å². The molecule has 1 aliphatic rings. The van der Waals surface area contributed by atoms with E-state index in [9.17, 15) is 13.2 Å². The molecule has 0 saturated carbocycles. The van der Waals surface area contributed by atoms with Gasteiger partial charge in [0.15, 0.2) is 0 Å². The molecule has 2 heterocycles. The zero-order chi connectivity index (χ0) is 18.6. The van der Waals surface area contributed by atoms with Crippen LogP contribution in [0.3, 0.4) is 0 Å². The fraction of sp³-hybridized carbons (Fsp3) is 0.333. The average molecular weight is 374 g/mol. The summed E-state index contributed by atoms with van der Waals surface area (Å²) in [5.41, 5.74) is 1.98. The van der Waals surface area contributed by atoms with Crippen molar-refractivity contribution < 1.29 is 13.2 Å². The summed E-state index contributed by atoms with van der Waals surface area (Å²) in [5.74, 6) is 0.776. The van der Waals surface area contributed by atoms with Gasteiger partial charge in [-0.15, -0.1) is 0 Å². The van der Waals surface area contributed by atoms with Crippen LogP contribution in [0.2, 0.25) is 0 Å². The third-order valence-corrected chi connectivity index (χ3v) is 5.76. The fourth-order valence-corrected chi connectivity index (χ4v) is 3.50. The van der Waals surface area contributed by atoms with Crippen molar-refractivity contribution >= 4 is 27.4 Å². The van der Waals surface area contributed by atoms with Crippen molar-refractivity contribution in [2.45, 2.75) is 30.7 Å². The zero-order valence-electron chi connectivity index (χ0n) is 14.6. The Morgan fingerprint density at radius 1 is 1.12 bits per heavy atom. The molecule has 26 heavy (non-hydrogen) atoms. The first-order valence-electron chi connectivity index (χ1n) is 8.52. The Morgan fingerprint density at radius 2 is 1.88 bits per heavy atom. The molecular formula is C18H22N4O3S. The summed E-state index contributed by atoms with van der Waals surface area (Å²) in [6.45, 7) is 1.33. The van der Waals surface area contributed by atoms with E-state index in [0.717, 1.165) is 30.6 Å². The number of anilines is 2. The summed E-state index contributed by atoms with van der Waals surface area (Å²) in [6, 6.07) is 11.0. The SMILES string of the molecule is CNS(=O)(=O)c1ccc(NCc2ccc(N3CCCCC3=O)cc2)nc1. The maximum atomic E-state index is 12.0. The van der Waals surface area contributed by atoms with Gasteiger partial charge in [0.2, 0.25) is 15.9 Å². The van der Waals surface area contributed by atoms with Crippen molar-refractivity contribution in [3.05, 3.63) is 48.2 Å². The lowest BCUT2D eigenvalue weighted by molar-refractivity contribution is -0.119. The molecule has 1 amide bonds. The second-order valence-corrected chi connectivity index (χ2v) is 8.00. The summed E-state index contributed by atoms with van der Waals surface area (Å²) in [7, 11) is -2.11. The number of nitrogens with one attached hydrogen (secondary N) is 2. The number of aromatic nitrogens is 1. The third kappa shape index (κ3) is 4.20. The van der Waals surface area contributed by atoms with Crippen molar-refractivity contribution in [1.82, 2.24) is 9.71 Å². The number of hydrogen-bond acceptors (Lipinski definition) is 5. The smallest absolute Gasteiger partial charge is 0.241 e. The van der Waals surface area contributed by atoms with Gasteiger partial charge in [0.05, 0.1) is 0 Å². The number of carbonyl (C=O) groups is 1. The van der Waals surface area contributed by atoms with Gasteiger partial charge in [-0.25, -0.2) is 18.1 Å². The fourth-order valence-electron chi connectivity index (χ4n) is 2.83. The number of sulfonamides is 1. The molecule has 1 saturated heterocycles. The first kappa shape index (κ1) is 18.3. The van der Waals surface area contributed by atoms with Crippen molar-refractivity contribution in [2.75, 3.05) is 23.8 Å². The van der Waals surface area contributed by atoms with Gasteiger partial charge in [0.1, 0.15) is 10.7 Å². The standard InChI is InChI=1S/C18H22N4O3S/c1-19-26(24,25)16-9-10-17(21-13-16)20-12-14-5-7-15(8-6-14)22-11-3-2-4-18(22)23/h5-10,13,19H,2-4,11-12H2,1H3,(H,20,21). The van der Waals surface area contributed by atoms with Crippen LogP contribution in [0.25, 0.3) is 0 Å². The average Bonchev–Trinajstić information content (AvgIpc) is 2.67. The van der Waals surface area contributed by atoms with E-state index in [-0.39, 0.29) is 10.8 Å². The Bertz CT molecular complexity index is 864. The minimum atomic E-state index is -3.47. The molecule has 0 radical (unpaired) electrons. The van der Waals surface area contributed by atoms with Crippen molar-refractivity contribution in [1.29, 1.82) is 0 Å². The highest BCUT2D eigenvalue weighted by Crippen LogP contribution is 2.21. The second-order valence-electron chi connectivity index (χ2n) is 6.11. The number of rotatable bonds is 6. The Kier molecular flexibility index (Phi) is 5.53. The van der Waals surface area contributed by atoms with Gasteiger partial charge < -0.3 is 10.2 Å². The number of nitrogens with zero attached hydrogens (tertiary/aromatic N) is 2. The Labute approximate surface area is 153 Å². The van der Waals surface area contributed by atoms with E-state index in [1.54, 1.807) is 6.07 Å². The minimum absolute atomic E-state index is 0.126. The van der Waals surface area contributed by atoms with E-state index in [1.807, 2.05) is 29.2 Å². The highest BCUT2D eigenvalue weighted by Gasteiger charge is 2.19. The number of hydrogen-bond donors (Lipinski definition) is 2. The van der Waals surface area contributed by atoms with Crippen LogP contribution in [0.5, 0.6) is 0 Å². The maximum absolute atomic E-state index is 12.0. The normalized spacial score (nSPS) is 15.1. The van der Waals surface area contributed by atoms with Gasteiger partial charge in [-0.1, -0.05) is 12.1 Å². The summed E-state index contributed by atoms with van der Waals surface area (Å²) in [5, 5.41) is 3.16. The largest absolute Gasteiger partial charge is 0.366 e. The van der Waals surface area contributed by atoms with Crippen molar-refractivity contribution in [2.24, 2.45) is 0 Å². The quantitative estimate of drug-likeness (QED) is 0.808. The molecule has 2 N–H and O–H groups in total. The molecule has 0 bridgehead atoms. The van der Waals surface area contributed by atoms with E-state index in [0.29, 0.717) is 18.8 Å². The van der Waals surface area contributed by atoms with Crippen LogP contribution in [0.15, 0.2) is 47.5 Å². The first-order valence-corrected chi connectivity index (χ1v) is 10.0. The summed E-state index contributed by atoms with van der Waals surface area (Å²) < 4.78 is 25.6. The molecule has 0 unspecified atom stereocenters. The maximum Gasteiger partial charge on any atom is 0.241 e. The molecule has 138 valence electrons. The van der Waals surface area contributed by atoms with E-state index in [4.69, 9.17) is 0 Å². The molecule has 0 aliphatic carbocycles. The zero-order valence-corrected chi connectivity index (χ0v) is 15.4. The number of amides is 1.